The van der Waals surface area contributed by atoms with Crippen molar-refractivity contribution in [3.63, 3.8) is 0 Å². The average molecular weight is 623 g/mol. The maximum Gasteiger partial charge on any atom is 0.345 e. The van der Waals surface area contributed by atoms with Crippen LogP contribution in [0.15, 0.2) is 139 Å². The molecule has 6 aromatic rings. The Morgan fingerprint density at radius 2 is 1.34 bits per heavy atom. The number of hydroxylamine groups is 2. The van der Waals surface area contributed by atoms with Crippen molar-refractivity contribution in [2.24, 2.45) is 4.99 Å². The van der Waals surface area contributed by atoms with Crippen LogP contribution in [-0.2, 0) is 17.9 Å². The molecule has 1 aliphatic rings. The van der Waals surface area contributed by atoms with E-state index < -0.39 is 6.03 Å². The number of aliphatic imine (C=N–C) groups is 1. The van der Waals surface area contributed by atoms with Gasteiger partial charge in [-0.1, -0.05) is 90.2 Å². The van der Waals surface area contributed by atoms with Crippen LogP contribution in [0, 0.1) is 6.04 Å². The molecule has 10 nitrogen and oxygen atoms in total. The fourth-order valence-corrected chi connectivity index (χ4v) is 5.91. The van der Waals surface area contributed by atoms with E-state index >= 15 is 0 Å². The van der Waals surface area contributed by atoms with Gasteiger partial charge in [0, 0.05) is 5.56 Å². The summed E-state index contributed by atoms with van der Waals surface area (Å²) in [5.74, 6) is -0.264. The first-order valence-electron chi connectivity index (χ1n) is 15.0. The zero-order chi connectivity index (χ0) is 32.3. The third kappa shape index (κ3) is 6.29. The van der Waals surface area contributed by atoms with Gasteiger partial charge in [-0.25, -0.2) is 13.9 Å². The number of benzene rings is 5. The number of anilines is 2. The summed E-state index contributed by atoms with van der Waals surface area (Å²) in [6.07, 6.45) is 7.72. The second-order valence-corrected chi connectivity index (χ2v) is 11.1. The fourth-order valence-electron chi connectivity index (χ4n) is 5.91. The summed E-state index contributed by atoms with van der Waals surface area (Å²) in [6, 6.07) is 33.4. The third-order valence-electron chi connectivity index (χ3n) is 8.06. The van der Waals surface area contributed by atoms with E-state index in [2.05, 4.69) is 80.9 Å². The Labute approximate surface area is 269 Å². The van der Waals surface area contributed by atoms with Crippen LogP contribution in [0.3, 0.4) is 0 Å². The highest BCUT2D eigenvalue weighted by atomic mass is 16.8. The van der Waals surface area contributed by atoms with Gasteiger partial charge in [-0.3, -0.25) is 15.2 Å². The molecule has 0 unspecified atom stereocenters. The van der Waals surface area contributed by atoms with E-state index in [1.807, 2.05) is 29.1 Å². The predicted molar refractivity (Wildman–Crippen MR) is 181 cm³/mol. The van der Waals surface area contributed by atoms with Crippen molar-refractivity contribution >= 4 is 61.6 Å². The quantitative estimate of drug-likeness (QED) is 0.0904. The van der Waals surface area contributed by atoms with Crippen molar-refractivity contribution in [2.75, 3.05) is 10.6 Å². The first-order chi connectivity index (χ1) is 22.9. The molecule has 231 valence electrons. The smallest absolute Gasteiger partial charge is 0.321 e. The van der Waals surface area contributed by atoms with Gasteiger partial charge in [0.2, 0.25) is 6.33 Å². The van der Waals surface area contributed by atoms with Crippen LogP contribution in [0.4, 0.5) is 16.2 Å². The lowest BCUT2D eigenvalue weighted by Crippen LogP contribution is -2.33. The van der Waals surface area contributed by atoms with Crippen molar-refractivity contribution in [2.45, 2.75) is 13.1 Å². The van der Waals surface area contributed by atoms with Crippen LogP contribution in [0.1, 0.15) is 5.56 Å². The Balaban J connectivity index is 1.12. The molecule has 0 fully saturated rings. The fraction of sp³-hybridized carbons (Fsp3) is 0.0541. The molecule has 47 heavy (non-hydrogen) atoms. The number of nitrogens with zero attached hydrogens (tertiary/aromatic N) is 4. The molecule has 10 heteroatoms. The lowest BCUT2D eigenvalue weighted by molar-refractivity contribution is -0.662. The Morgan fingerprint density at radius 3 is 2.02 bits per heavy atom. The van der Waals surface area contributed by atoms with E-state index in [-0.39, 0.29) is 23.7 Å². The number of fused-ring (bicyclic) bond motifs is 3. The number of rotatable bonds is 7. The van der Waals surface area contributed by atoms with Crippen LogP contribution in [0.25, 0.3) is 32.6 Å². The van der Waals surface area contributed by atoms with Gasteiger partial charge in [-0.15, -0.1) is 0 Å². The maximum atomic E-state index is 13.4. The molecular weight excluding hydrogens is 592 g/mol. The minimum absolute atomic E-state index is 0.0222. The molecule has 5 aromatic carbocycles. The van der Waals surface area contributed by atoms with E-state index in [1.54, 1.807) is 24.3 Å². The summed E-state index contributed by atoms with van der Waals surface area (Å²) in [7, 11) is 0. The van der Waals surface area contributed by atoms with E-state index in [4.69, 9.17) is 10.4 Å². The van der Waals surface area contributed by atoms with Crippen LogP contribution >= 0.6 is 0 Å². The number of nitrogens with one attached hydrogen (secondary N) is 2. The van der Waals surface area contributed by atoms with E-state index in [0.717, 1.165) is 11.0 Å². The van der Waals surface area contributed by atoms with E-state index in [9.17, 15) is 9.59 Å². The number of amides is 3. The molecule has 0 aliphatic heterocycles. The Hall–Kier alpha value is -5.94. The maximum absolute atomic E-state index is 13.4. The highest BCUT2D eigenvalue weighted by molar-refractivity contribution is 6.12. The molecular formula is C37H30N6O4+. The van der Waals surface area contributed by atoms with Gasteiger partial charge >= 0.3 is 6.03 Å². The van der Waals surface area contributed by atoms with Gasteiger partial charge in [0.15, 0.2) is 17.6 Å². The van der Waals surface area contributed by atoms with Gasteiger partial charge in [0.25, 0.3) is 5.91 Å². The summed E-state index contributed by atoms with van der Waals surface area (Å²) >= 11 is 0. The summed E-state index contributed by atoms with van der Waals surface area (Å²) in [5.41, 5.74) is 4.27. The number of urea groups is 1. The first kappa shape index (κ1) is 29.8. The Bertz CT molecular complexity index is 2180. The summed E-state index contributed by atoms with van der Waals surface area (Å²) < 4.78 is 4.11. The molecule has 1 aliphatic carbocycles. The van der Waals surface area contributed by atoms with Gasteiger partial charge in [-0.05, 0) is 64.0 Å². The average Bonchev–Trinajstić information content (AvgIpc) is 3.42. The van der Waals surface area contributed by atoms with Crippen molar-refractivity contribution in [3.8, 4) is 0 Å². The molecule has 1 radical (unpaired) electrons. The van der Waals surface area contributed by atoms with Crippen LogP contribution in [-0.4, -0.2) is 37.9 Å². The standard InChI is InChI=1S/C37H29N6O4/c44-36(39-32-13-5-6-14-33(32)40-37(45)38-27-17-19-28(20-18-27)43(46)47)23-42-24-41(34-15-7-8-16-35(34)42)22-31-29-11-3-1-9-25(29)21-26-10-2-4-12-30(26)31/h1-21,24,46-47H,22-23H2,(H-,39,40,44,45)/p+1. The SMILES string of the molecule is O=C(Cn1c[n+](Cc2c3ccccc3cc3ccccc23)c2ccccc21)Nc1ccccc1NC(=O)N=C1C=C[C](N(O)O)C=C1. The number of carbonyl (C=O) groups excluding carboxylic acids is 2. The van der Waals surface area contributed by atoms with Crippen molar-refractivity contribution in [1.82, 2.24) is 9.79 Å². The topological polar surface area (TPSA) is 123 Å². The zero-order valence-corrected chi connectivity index (χ0v) is 25.1. The molecule has 1 heterocycles. The molecule has 0 spiro atoms. The van der Waals surface area contributed by atoms with Gasteiger partial charge in [0.1, 0.15) is 12.6 Å². The Morgan fingerprint density at radius 1 is 0.745 bits per heavy atom. The normalized spacial score (nSPS) is 13.1. The van der Waals surface area contributed by atoms with Crippen molar-refractivity contribution < 1.29 is 24.6 Å². The van der Waals surface area contributed by atoms with Crippen LogP contribution in [0.5, 0.6) is 0 Å². The molecule has 0 saturated heterocycles. The summed E-state index contributed by atoms with van der Waals surface area (Å²) in [5, 5.41) is 28.6. The van der Waals surface area contributed by atoms with E-state index in [0.29, 0.717) is 23.6 Å². The predicted octanol–water partition coefficient (Wildman–Crippen LogP) is 6.63. The van der Waals surface area contributed by atoms with Gasteiger partial charge in [-0.2, -0.15) is 4.99 Å². The van der Waals surface area contributed by atoms with Gasteiger partial charge in [0.05, 0.1) is 17.1 Å². The number of imidazole rings is 1. The highest BCUT2D eigenvalue weighted by Crippen LogP contribution is 2.29. The second kappa shape index (κ2) is 12.8. The second-order valence-electron chi connectivity index (χ2n) is 11.1. The van der Waals surface area contributed by atoms with Crippen LogP contribution in [0.2, 0.25) is 0 Å². The van der Waals surface area contributed by atoms with Crippen LogP contribution < -0.4 is 15.2 Å². The molecule has 4 N–H and O–H groups in total. The number of aromatic nitrogens is 2. The number of hydrogen-bond donors (Lipinski definition) is 4. The summed E-state index contributed by atoms with van der Waals surface area (Å²) in [4.78, 5) is 30.1. The summed E-state index contributed by atoms with van der Waals surface area (Å²) in [6.45, 7) is 0.673. The molecule has 1 aromatic heterocycles. The molecule has 0 saturated carbocycles. The molecule has 0 atom stereocenters. The number of para-hydroxylation sites is 4. The number of allylic oxidation sites excluding steroid dienone is 2. The van der Waals surface area contributed by atoms with Crippen molar-refractivity contribution in [3.05, 3.63) is 145 Å². The molecule has 7 rings (SSSR count). The Kier molecular flexibility index (Phi) is 8.11. The lowest BCUT2D eigenvalue weighted by atomic mass is 9.96. The van der Waals surface area contributed by atoms with Gasteiger partial charge < -0.3 is 10.6 Å². The minimum Gasteiger partial charge on any atom is -0.321 e. The molecule has 3 amide bonds. The third-order valence-corrected chi connectivity index (χ3v) is 8.06. The minimum atomic E-state index is -0.650. The van der Waals surface area contributed by atoms with Crippen molar-refractivity contribution in [1.29, 1.82) is 0 Å². The number of hydrogen-bond acceptors (Lipinski definition) is 5. The number of carbonyl (C=O) groups is 2. The van der Waals surface area contributed by atoms with E-state index in [1.165, 1.54) is 51.4 Å². The zero-order valence-electron chi connectivity index (χ0n) is 25.1. The first-order valence-corrected chi connectivity index (χ1v) is 15.0. The molecule has 0 bridgehead atoms. The largest absolute Gasteiger partial charge is 0.345 e. The highest BCUT2D eigenvalue weighted by Gasteiger charge is 2.21. The monoisotopic (exact) mass is 622 g/mol. The lowest BCUT2D eigenvalue weighted by Gasteiger charge is -2.14.